The van der Waals surface area contributed by atoms with E-state index >= 15 is 0 Å². The van der Waals surface area contributed by atoms with Crippen LogP contribution in [0.4, 0.5) is 0 Å². The Morgan fingerprint density at radius 1 is 1.28 bits per heavy atom. The Balaban J connectivity index is 2.01. The molecular weight excluding hydrogens is 226 g/mol. The molecule has 0 unspecified atom stereocenters. The normalized spacial score (nSPS) is 19.2. The van der Waals surface area contributed by atoms with Crippen molar-refractivity contribution >= 4 is 0 Å². The van der Waals surface area contributed by atoms with Crippen molar-refractivity contribution in [2.45, 2.75) is 37.6 Å². The first-order valence-electron chi connectivity index (χ1n) is 6.37. The molecule has 4 heteroatoms. The average molecular weight is 243 g/mol. The molecule has 4 nitrogen and oxygen atoms in total. The van der Waals surface area contributed by atoms with Crippen LogP contribution in [0.2, 0.25) is 0 Å². The van der Waals surface area contributed by atoms with Crippen LogP contribution in [0.3, 0.4) is 0 Å². The first-order valence-corrected chi connectivity index (χ1v) is 6.37. The summed E-state index contributed by atoms with van der Waals surface area (Å²) >= 11 is 0. The molecule has 1 aliphatic carbocycles. The van der Waals surface area contributed by atoms with Crippen LogP contribution in [0.1, 0.15) is 49.5 Å². The summed E-state index contributed by atoms with van der Waals surface area (Å²) in [5.74, 6) is 1.31. The lowest BCUT2D eigenvalue weighted by atomic mass is 9.64. The lowest BCUT2D eigenvalue weighted by molar-refractivity contribution is 0.270. The molecule has 1 aliphatic rings. The van der Waals surface area contributed by atoms with E-state index in [4.69, 9.17) is 10.3 Å². The predicted molar refractivity (Wildman–Crippen MR) is 68.0 cm³/mol. The molecule has 2 aromatic rings. The molecule has 18 heavy (non-hydrogen) atoms. The van der Waals surface area contributed by atoms with Crippen LogP contribution < -0.4 is 5.73 Å². The number of hydrogen-bond donors (Lipinski definition) is 1. The molecule has 0 spiro atoms. The SMILES string of the molecule is C[C@@H](N)c1nc(C2(c3ccccc3)CCC2)no1. The molecule has 1 heterocycles. The van der Waals surface area contributed by atoms with Gasteiger partial charge in [-0.15, -0.1) is 0 Å². The number of benzene rings is 1. The first kappa shape index (κ1) is 11.4. The molecule has 1 aromatic carbocycles. The third-order valence-electron chi connectivity index (χ3n) is 3.79. The van der Waals surface area contributed by atoms with E-state index in [0.29, 0.717) is 5.89 Å². The van der Waals surface area contributed by atoms with E-state index in [1.807, 2.05) is 13.0 Å². The topological polar surface area (TPSA) is 64.9 Å². The Kier molecular flexibility index (Phi) is 2.67. The third-order valence-corrected chi connectivity index (χ3v) is 3.79. The lowest BCUT2D eigenvalue weighted by Crippen LogP contribution is -2.36. The van der Waals surface area contributed by atoms with Crippen molar-refractivity contribution in [1.29, 1.82) is 0 Å². The molecule has 0 aliphatic heterocycles. The summed E-state index contributed by atoms with van der Waals surface area (Å²) in [6.45, 7) is 1.85. The van der Waals surface area contributed by atoms with Gasteiger partial charge in [0.2, 0.25) is 5.89 Å². The van der Waals surface area contributed by atoms with Crippen LogP contribution in [0.15, 0.2) is 34.9 Å². The van der Waals surface area contributed by atoms with Crippen molar-refractivity contribution in [3.05, 3.63) is 47.6 Å². The molecule has 1 atom stereocenters. The van der Waals surface area contributed by atoms with Gasteiger partial charge in [-0.25, -0.2) is 0 Å². The maximum atomic E-state index is 5.77. The summed E-state index contributed by atoms with van der Waals surface area (Å²) in [6, 6.07) is 10.2. The van der Waals surface area contributed by atoms with E-state index in [1.165, 1.54) is 12.0 Å². The zero-order valence-electron chi connectivity index (χ0n) is 10.5. The highest BCUT2D eigenvalue weighted by Gasteiger charge is 2.44. The summed E-state index contributed by atoms with van der Waals surface area (Å²) < 4.78 is 5.24. The predicted octanol–water partition coefficient (Wildman–Crippen LogP) is 2.56. The van der Waals surface area contributed by atoms with Crippen molar-refractivity contribution in [2.75, 3.05) is 0 Å². The monoisotopic (exact) mass is 243 g/mol. The number of aromatic nitrogens is 2. The van der Waals surface area contributed by atoms with Crippen LogP contribution in [0.5, 0.6) is 0 Å². The number of nitrogens with two attached hydrogens (primary N) is 1. The van der Waals surface area contributed by atoms with Gasteiger partial charge in [-0.2, -0.15) is 4.98 Å². The zero-order chi connectivity index (χ0) is 12.6. The van der Waals surface area contributed by atoms with Crippen molar-refractivity contribution < 1.29 is 4.52 Å². The Labute approximate surface area is 106 Å². The second-order valence-electron chi connectivity index (χ2n) is 5.05. The summed E-state index contributed by atoms with van der Waals surface area (Å²) in [7, 11) is 0. The molecular formula is C14H17N3O. The molecule has 0 radical (unpaired) electrons. The lowest BCUT2D eigenvalue weighted by Gasteiger charge is -2.39. The highest BCUT2D eigenvalue weighted by Crippen LogP contribution is 2.47. The van der Waals surface area contributed by atoms with Gasteiger partial charge in [-0.1, -0.05) is 41.9 Å². The molecule has 1 aromatic heterocycles. The zero-order valence-corrected chi connectivity index (χ0v) is 10.5. The van der Waals surface area contributed by atoms with Gasteiger partial charge in [0.1, 0.15) is 0 Å². The Bertz CT molecular complexity index is 529. The molecule has 3 rings (SSSR count). The van der Waals surface area contributed by atoms with Crippen LogP contribution in [0.25, 0.3) is 0 Å². The average Bonchev–Trinajstić information content (AvgIpc) is 2.79. The summed E-state index contributed by atoms with van der Waals surface area (Å²) in [5, 5.41) is 4.14. The minimum Gasteiger partial charge on any atom is -0.338 e. The molecule has 0 amide bonds. The van der Waals surface area contributed by atoms with E-state index in [2.05, 4.69) is 34.4 Å². The van der Waals surface area contributed by atoms with E-state index in [-0.39, 0.29) is 11.5 Å². The Hall–Kier alpha value is -1.68. The van der Waals surface area contributed by atoms with Crippen LogP contribution >= 0.6 is 0 Å². The second kappa shape index (κ2) is 4.21. The first-order chi connectivity index (χ1) is 8.72. The summed E-state index contributed by atoms with van der Waals surface area (Å²) in [4.78, 5) is 4.48. The maximum Gasteiger partial charge on any atom is 0.243 e. The van der Waals surface area contributed by atoms with Gasteiger partial charge in [-0.3, -0.25) is 0 Å². The second-order valence-corrected chi connectivity index (χ2v) is 5.05. The quantitative estimate of drug-likeness (QED) is 0.899. The molecule has 0 saturated heterocycles. The van der Waals surface area contributed by atoms with Crippen molar-refractivity contribution in [2.24, 2.45) is 5.73 Å². The largest absolute Gasteiger partial charge is 0.338 e. The maximum absolute atomic E-state index is 5.77. The fourth-order valence-corrected chi connectivity index (χ4v) is 2.54. The fraction of sp³-hybridized carbons (Fsp3) is 0.429. The number of hydrogen-bond acceptors (Lipinski definition) is 4. The summed E-state index contributed by atoms with van der Waals surface area (Å²) in [5.41, 5.74) is 6.99. The van der Waals surface area contributed by atoms with Gasteiger partial charge in [0.15, 0.2) is 5.82 Å². The highest BCUT2D eigenvalue weighted by molar-refractivity contribution is 5.35. The third kappa shape index (κ3) is 1.64. The van der Waals surface area contributed by atoms with Crippen LogP contribution in [0, 0.1) is 0 Å². The molecule has 1 saturated carbocycles. The van der Waals surface area contributed by atoms with E-state index in [0.717, 1.165) is 18.7 Å². The van der Waals surface area contributed by atoms with Crippen molar-refractivity contribution in [1.82, 2.24) is 10.1 Å². The number of nitrogens with zero attached hydrogens (tertiary/aromatic N) is 2. The Morgan fingerprint density at radius 2 is 2.00 bits per heavy atom. The van der Waals surface area contributed by atoms with E-state index < -0.39 is 0 Å². The molecule has 2 N–H and O–H groups in total. The molecule has 0 bridgehead atoms. The van der Waals surface area contributed by atoms with E-state index in [9.17, 15) is 0 Å². The highest BCUT2D eigenvalue weighted by atomic mass is 16.5. The smallest absolute Gasteiger partial charge is 0.243 e. The standard InChI is InChI=1S/C14H17N3O/c1-10(15)12-16-13(17-18-12)14(8-5-9-14)11-6-3-2-4-7-11/h2-4,6-7,10H,5,8-9,15H2,1H3/t10-/m1/s1. The summed E-state index contributed by atoms with van der Waals surface area (Å²) in [6.07, 6.45) is 3.36. The minimum atomic E-state index is -0.209. The van der Waals surface area contributed by atoms with Gasteiger partial charge < -0.3 is 10.3 Å². The van der Waals surface area contributed by atoms with Gasteiger partial charge in [0.05, 0.1) is 11.5 Å². The van der Waals surface area contributed by atoms with Crippen molar-refractivity contribution in [3.8, 4) is 0 Å². The molecule has 1 fully saturated rings. The van der Waals surface area contributed by atoms with Gasteiger partial charge in [-0.05, 0) is 25.3 Å². The minimum absolute atomic E-state index is 0.0576. The van der Waals surface area contributed by atoms with Crippen LogP contribution in [-0.2, 0) is 5.41 Å². The van der Waals surface area contributed by atoms with Crippen LogP contribution in [-0.4, -0.2) is 10.1 Å². The van der Waals surface area contributed by atoms with Gasteiger partial charge in [0.25, 0.3) is 0 Å². The van der Waals surface area contributed by atoms with E-state index in [1.54, 1.807) is 0 Å². The van der Waals surface area contributed by atoms with Gasteiger partial charge >= 0.3 is 0 Å². The fourth-order valence-electron chi connectivity index (χ4n) is 2.54. The Morgan fingerprint density at radius 3 is 2.50 bits per heavy atom. The molecule has 94 valence electrons. The number of rotatable bonds is 3. The van der Waals surface area contributed by atoms with Gasteiger partial charge in [0, 0.05) is 0 Å². The van der Waals surface area contributed by atoms with Crippen molar-refractivity contribution in [3.63, 3.8) is 0 Å².